The average molecular weight is 669 g/mol. The number of Topliss-reactive ketones (excluding diaryl/α,β-unsaturated/α-hetero) is 1. The Balaban J connectivity index is 0.00000139. The molecule has 0 aromatic heterocycles. The van der Waals surface area contributed by atoms with Crippen LogP contribution in [0, 0.1) is 0 Å². The Kier molecular flexibility index (Phi) is 16.6. The lowest BCUT2D eigenvalue weighted by Crippen LogP contribution is -2.16. The Morgan fingerprint density at radius 2 is 1.47 bits per heavy atom. The van der Waals surface area contributed by atoms with Gasteiger partial charge in [-0.15, -0.1) is 0 Å². The van der Waals surface area contributed by atoms with Crippen LogP contribution in [0.1, 0.15) is 66.3 Å². The lowest BCUT2D eigenvalue weighted by Gasteiger charge is -2.17. The molecule has 0 saturated carbocycles. The minimum Gasteiger partial charge on any atom is -0.493 e. The first-order chi connectivity index (χ1) is 20.3. The van der Waals surface area contributed by atoms with Gasteiger partial charge in [-0.2, -0.15) is 0 Å². The average Bonchev–Trinajstić information content (AvgIpc) is 2.92. The number of carboxylic acid groups (broad SMARTS) is 2. The fourth-order valence-corrected chi connectivity index (χ4v) is 4.06. The molecule has 2 rings (SSSR count). The van der Waals surface area contributed by atoms with Gasteiger partial charge in [-0.1, -0.05) is 13.3 Å². The molecule has 43 heavy (non-hydrogen) atoms. The second-order valence-corrected chi connectivity index (χ2v) is 10.3. The van der Waals surface area contributed by atoms with Gasteiger partial charge >= 0.3 is 23.9 Å². The molecule has 2 aromatic rings. The first-order valence-corrected chi connectivity index (χ1v) is 14.3. The summed E-state index contributed by atoms with van der Waals surface area (Å²) in [6, 6.07) is 8.45. The van der Waals surface area contributed by atoms with E-state index in [1.54, 1.807) is 30.3 Å². The van der Waals surface area contributed by atoms with Crippen molar-refractivity contribution in [2.24, 2.45) is 0 Å². The predicted molar refractivity (Wildman–Crippen MR) is 160 cm³/mol. The summed E-state index contributed by atoms with van der Waals surface area (Å²) in [5.41, 5.74) is 1.52. The van der Waals surface area contributed by atoms with Gasteiger partial charge in [0.25, 0.3) is 0 Å². The SMILES string of the molecule is CCCc1c(OCCCOc2ccc(C(=O)OCCCN(C)C)cc2Br)ccc(C(C)=O)c1OC(C)=O.O=C(O)C(=O)O. The standard InChI is InChI=1S/C28H36BrNO7.C2H2O4/c1-6-9-23-25(13-11-22(19(2)31)27(23)37-20(3)32)34-16-8-17-35-26-12-10-21(18-24(26)29)28(33)36-15-7-14-30(4)5;3-1(4)2(5)6/h10-13,18H,6-9,14-17H2,1-5H3;(H,3,4)(H,5,6). The second kappa shape index (κ2) is 19.3. The lowest BCUT2D eigenvalue weighted by molar-refractivity contribution is -0.159. The highest BCUT2D eigenvalue weighted by atomic mass is 79.9. The molecule has 236 valence electrons. The largest absolute Gasteiger partial charge is 0.493 e. The van der Waals surface area contributed by atoms with Crippen LogP contribution in [-0.4, -0.2) is 85.2 Å². The van der Waals surface area contributed by atoms with Gasteiger partial charge in [-0.3, -0.25) is 9.59 Å². The Bertz CT molecular complexity index is 1260. The van der Waals surface area contributed by atoms with Gasteiger partial charge in [0.2, 0.25) is 0 Å². The molecule has 0 fully saturated rings. The van der Waals surface area contributed by atoms with E-state index in [0.29, 0.717) is 65.3 Å². The van der Waals surface area contributed by atoms with Crippen LogP contribution in [-0.2, 0) is 25.5 Å². The number of hydrogen-bond donors (Lipinski definition) is 2. The highest BCUT2D eigenvalue weighted by Crippen LogP contribution is 2.34. The van der Waals surface area contributed by atoms with Gasteiger partial charge < -0.3 is 34.1 Å². The molecular weight excluding hydrogens is 630 g/mol. The molecule has 0 spiro atoms. The summed E-state index contributed by atoms with van der Waals surface area (Å²) < 4.78 is 23.2. The van der Waals surface area contributed by atoms with Gasteiger partial charge in [-0.25, -0.2) is 14.4 Å². The van der Waals surface area contributed by atoms with E-state index in [0.717, 1.165) is 19.4 Å². The summed E-state index contributed by atoms with van der Waals surface area (Å²) >= 11 is 3.46. The molecule has 12 nitrogen and oxygen atoms in total. The van der Waals surface area contributed by atoms with Crippen molar-refractivity contribution in [2.75, 3.05) is 40.5 Å². The Labute approximate surface area is 259 Å². The molecule has 2 aromatic carbocycles. The molecule has 13 heteroatoms. The van der Waals surface area contributed by atoms with E-state index in [1.807, 2.05) is 25.9 Å². The van der Waals surface area contributed by atoms with Crippen LogP contribution >= 0.6 is 15.9 Å². The van der Waals surface area contributed by atoms with E-state index in [9.17, 15) is 14.4 Å². The summed E-state index contributed by atoms with van der Waals surface area (Å²) in [6.45, 7) is 6.73. The number of aliphatic carboxylic acids is 2. The van der Waals surface area contributed by atoms with Crippen molar-refractivity contribution in [2.45, 2.75) is 46.5 Å². The Morgan fingerprint density at radius 1 is 0.860 bits per heavy atom. The highest BCUT2D eigenvalue weighted by molar-refractivity contribution is 9.10. The van der Waals surface area contributed by atoms with Crippen LogP contribution in [0.4, 0.5) is 0 Å². The summed E-state index contributed by atoms with van der Waals surface area (Å²) in [6.07, 6.45) is 2.76. The zero-order chi connectivity index (χ0) is 32.5. The van der Waals surface area contributed by atoms with E-state index >= 15 is 0 Å². The Hall–Kier alpha value is -3.97. The molecule has 0 amide bonds. The maximum absolute atomic E-state index is 12.2. The van der Waals surface area contributed by atoms with Crippen LogP contribution in [0.5, 0.6) is 17.2 Å². The number of hydrogen-bond acceptors (Lipinski definition) is 10. The monoisotopic (exact) mass is 667 g/mol. The quantitative estimate of drug-likeness (QED) is 0.0889. The summed E-state index contributed by atoms with van der Waals surface area (Å²) in [5.74, 6) is -3.22. The van der Waals surface area contributed by atoms with E-state index in [-0.39, 0.29) is 17.5 Å². The molecular formula is C30H38BrNO11. The van der Waals surface area contributed by atoms with Gasteiger partial charge in [0, 0.05) is 25.5 Å². The first-order valence-electron chi connectivity index (χ1n) is 13.5. The number of rotatable bonds is 15. The number of carbonyl (C=O) groups is 5. The molecule has 0 unspecified atom stereocenters. The number of nitrogens with zero attached hydrogens (tertiary/aromatic N) is 1. The maximum Gasteiger partial charge on any atom is 0.414 e. The van der Waals surface area contributed by atoms with Crippen LogP contribution in [0.3, 0.4) is 0 Å². The third kappa shape index (κ3) is 13.7. The fourth-order valence-electron chi connectivity index (χ4n) is 3.57. The van der Waals surface area contributed by atoms with Gasteiger partial charge in [-0.05, 0) is 80.1 Å². The van der Waals surface area contributed by atoms with E-state index in [2.05, 4.69) is 15.9 Å². The van der Waals surface area contributed by atoms with Crippen LogP contribution in [0.25, 0.3) is 0 Å². The molecule has 0 bridgehead atoms. The maximum atomic E-state index is 12.2. The number of ketones is 1. The minimum absolute atomic E-state index is 0.178. The van der Waals surface area contributed by atoms with Crippen molar-refractivity contribution in [3.8, 4) is 17.2 Å². The van der Waals surface area contributed by atoms with Crippen LogP contribution in [0.2, 0.25) is 0 Å². The number of carbonyl (C=O) groups excluding carboxylic acids is 3. The van der Waals surface area contributed by atoms with Gasteiger partial charge in [0.05, 0.1) is 35.4 Å². The lowest BCUT2D eigenvalue weighted by atomic mass is 10.0. The van der Waals surface area contributed by atoms with Crippen molar-refractivity contribution < 1.29 is 53.1 Å². The van der Waals surface area contributed by atoms with Crippen molar-refractivity contribution >= 4 is 45.6 Å². The zero-order valence-electron chi connectivity index (χ0n) is 24.9. The molecule has 0 aliphatic rings. The fraction of sp³-hybridized carbons (Fsp3) is 0.433. The number of carboxylic acids is 2. The smallest absolute Gasteiger partial charge is 0.414 e. The first kappa shape index (κ1) is 37.1. The number of halogens is 1. The highest BCUT2D eigenvalue weighted by Gasteiger charge is 2.20. The normalized spacial score (nSPS) is 10.3. The Morgan fingerprint density at radius 3 is 1.98 bits per heavy atom. The van der Waals surface area contributed by atoms with Crippen LogP contribution < -0.4 is 14.2 Å². The summed E-state index contributed by atoms with van der Waals surface area (Å²) in [4.78, 5) is 56.2. The molecule has 0 aliphatic carbocycles. The molecule has 0 heterocycles. The topological polar surface area (TPSA) is 166 Å². The molecule has 0 aliphatic heterocycles. The third-order valence-electron chi connectivity index (χ3n) is 5.48. The van der Waals surface area contributed by atoms with Crippen molar-refractivity contribution in [3.63, 3.8) is 0 Å². The predicted octanol–water partition coefficient (Wildman–Crippen LogP) is 4.64. The van der Waals surface area contributed by atoms with Crippen molar-refractivity contribution in [1.29, 1.82) is 0 Å². The molecule has 0 atom stereocenters. The van der Waals surface area contributed by atoms with Crippen molar-refractivity contribution in [3.05, 3.63) is 51.5 Å². The van der Waals surface area contributed by atoms with Crippen molar-refractivity contribution in [1.82, 2.24) is 4.90 Å². The minimum atomic E-state index is -1.82. The number of ether oxygens (including phenoxy) is 4. The molecule has 2 N–H and O–H groups in total. The van der Waals surface area contributed by atoms with Gasteiger partial charge in [0.1, 0.15) is 17.2 Å². The van der Waals surface area contributed by atoms with Gasteiger partial charge in [0.15, 0.2) is 5.78 Å². The van der Waals surface area contributed by atoms with E-state index in [1.165, 1.54) is 13.8 Å². The molecule has 0 radical (unpaired) electrons. The zero-order valence-corrected chi connectivity index (χ0v) is 26.5. The second-order valence-electron chi connectivity index (χ2n) is 9.42. The van der Waals surface area contributed by atoms with E-state index < -0.39 is 17.9 Å². The third-order valence-corrected chi connectivity index (χ3v) is 6.10. The number of esters is 2. The summed E-state index contributed by atoms with van der Waals surface area (Å²) in [7, 11) is 3.95. The van der Waals surface area contributed by atoms with Crippen LogP contribution in [0.15, 0.2) is 34.8 Å². The van der Waals surface area contributed by atoms with E-state index in [4.69, 9.17) is 38.7 Å². The number of benzene rings is 2. The summed E-state index contributed by atoms with van der Waals surface area (Å²) in [5, 5.41) is 14.8. The molecule has 0 saturated heterocycles.